The Morgan fingerprint density at radius 3 is 2.85 bits per heavy atom. The third-order valence-corrected chi connectivity index (χ3v) is 2.08. The molecule has 0 amide bonds. The van der Waals surface area contributed by atoms with Crippen LogP contribution in [0.4, 0.5) is 0 Å². The summed E-state index contributed by atoms with van der Waals surface area (Å²) in [6.07, 6.45) is 8.81. The molecular weight excluding hydrogens is 156 g/mol. The van der Waals surface area contributed by atoms with Crippen molar-refractivity contribution in [3.05, 3.63) is 47.5 Å². The van der Waals surface area contributed by atoms with Crippen molar-refractivity contribution in [2.75, 3.05) is 0 Å². The zero-order valence-corrected chi connectivity index (χ0v) is 8.01. The number of benzene rings is 1. The van der Waals surface area contributed by atoms with Crippen molar-refractivity contribution in [3.8, 4) is 12.3 Å². The highest BCUT2D eigenvalue weighted by Gasteiger charge is 1.97. The number of aryl methyl sites for hydroxylation is 1. The monoisotopic (exact) mass is 170 g/mol. The fraction of sp³-hybridized carbons (Fsp3) is 0.231. The predicted octanol–water partition coefficient (Wildman–Crippen LogP) is 2.90. The molecule has 0 radical (unpaired) electrons. The summed E-state index contributed by atoms with van der Waals surface area (Å²) in [4.78, 5) is 0. The third-order valence-electron chi connectivity index (χ3n) is 2.08. The molecule has 0 unspecified atom stereocenters. The summed E-state index contributed by atoms with van der Waals surface area (Å²) in [5.74, 6) is 2.64. The van der Waals surface area contributed by atoms with Crippen LogP contribution in [0, 0.1) is 19.3 Å². The lowest BCUT2D eigenvalue weighted by Crippen LogP contribution is -1.89. The van der Waals surface area contributed by atoms with Crippen molar-refractivity contribution in [1.82, 2.24) is 0 Å². The molecular formula is C13H14. The van der Waals surface area contributed by atoms with Gasteiger partial charge in [-0.2, -0.15) is 0 Å². The molecule has 1 aromatic rings. The van der Waals surface area contributed by atoms with E-state index in [1.807, 2.05) is 6.08 Å². The number of rotatable bonds is 3. The van der Waals surface area contributed by atoms with Crippen molar-refractivity contribution in [2.45, 2.75) is 19.8 Å². The van der Waals surface area contributed by atoms with Gasteiger partial charge in [-0.05, 0) is 30.0 Å². The lowest BCUT2D eigenvalue weighted by molar-refractivity contribution is 1.18. The summed E-state index contributed by atoms with van der Waals surface area (Å²) in [7, 11) is 0. The Morgan fingerprint density at radius 2 is 2.31 bits per heavy atom. The van der Waals surface area contributed by atoms with Crippen LogP contribution in [0.25, 0.3) is 0 Å². The predicted molar refractivity (Wildman–Crippen MR) is 57.6 cm³/mol. The van der Waals surface area contributed by atoms with Gasteiger partial charge in [-0.3, -0.25) is 0 Å². The molecule has 0 N–H and O–H groups in total. The second-order valence-electron chi connectivity index (χ2n) is 3.13. The Labute approximate surface area is 80.3 Å². The highest BCUT2D eigenvalue weighted by atomic mass is 14.0. The van der Waals surface area contributed by atoms with E-state index in [1.54, 1.807) is 0 Å². The molecule has 1 rings (SSSR count). The minimum absolute atomic E-state index is 0.717. The smallest absolute Gasteiger partial charge is 0.0337 e. The summed E-state index contributed by atoms with van der Waals surface area (Å²) >= 11 is 0. The van der Waals surface area contributed by atoms with Gasteiger partial charge in [0.15, 0.2) is 0 Å². The summed E-state index contributed by atoms with van der Waals surface area (Å²) in [6, 6.07) is 6.37. The van der Waals surface area contributed by atoms with Gasteiger partial charge < -0.3 is 0 Å². The molecule has 13 heavy (non-hydrogen) atoms. The van der Waals surface area contributed by atoms with Crippen LogP contribution in [0.3, 0.4) is 0 Å². The van der Waals surface area contributed by atoms with Gasteiger partial charge >= 0.3 is 0 Å². The fourth-order valence-corrected chi connectivity index (χ4v) is 1.37. The van der Waals surface area contributed by atoms with E-state index in [9.17, 15) is 0 Å². The molecule has 0 aliphatic heterocycles. The summed E-state index contributed by atoms with van der Waals surface area (Å²) < 4.78 is 0. The van der Waals surface area contributed by atoms with Crippen molar-refractivity contribution >= 4 is 0 Å². The van der Waals surface area contributed by atoms with Crippen LogP contribution in [-0.4, -0.2) is 0 Å². The standard InChI is InChI=1S/C13H14/c1-4-6-12-8-9-13(7-5-2)11(3)10-12/h1,5,8-10H,2,6-7H2,3H3. The average Bonchev–Trinajstić information content (AvgIpc) is 2.10. The van der Waals surface area contributed by atoms with Gasteiger partial charge in [-0.15, -0.1) is 18.9 Å². The molecule has 0 aliphatic carbocycles. The van der Waals surface area contributed by atoms with E-state index in [0.717, 1.165) is 12.8 Å². The quantitative estimate of drug-likeness (QED) is 0.483. The van der Waals surface area contributed by atoms with E-state index in [1.165, 1.54) is 16.7 Å². The second-order valence-corrected chi connectivity index (χ2v) is 3.13. The first-order valence-corrected chi connectivity index (χ1v) is 4.40. The SMILES string of the molecule is C#CCc1ccc(CC=C)c(C)c1. The first kappa shape index (κ1) is 9.61. The maximum atomic E-state index is 5.24. The summed E-state index contributed by atoms with van der Waals surface area (Å²) in [5, 5.41) is 0. The van der Waals surface area contributed by atoms with Crippen LogP contribution in [-0.2, 0) is 12.8 Å². The molecule has 0 aliphatic rings. The topological polar surface area (TPSA) is 0 Å². The highest BCUT2D eigenvalue weighted by Crippen LogP contribution is 2.12. The number of hydrogen-bond donors (Lipinski definition) is 0. The summed E-state index contributed by atoms with van der Waals surface area (Å²) in [6.45, 7) is 5.83. The van der Waals surface area contributed by atoms with E-state index in [2.05, 4.69) is 37.6 Å². The van der Waals surface area contributed by atoms with Crippen LogP contribution in [0.15, 0.2) is 30.9 Å². The van der Waals surface area contributed by atoms with E-state index in [0.29, 0.717) is 0 Å². The van der Waals surface area contributed by atoms with E-state index in [-0.39, 0.29) is 0 Å². The Kier molecular flexibility index (Phi) is 3.34. The molecule has 0 bridgehead atoms. The molecule has 0 aromatic heterocycles. The van der Waals surface area contributed by atoms with Gasteiger partial charge in [-0.25, -0.2) is 0 Å². The number of allylic oxidation sites excluding steroid dienone is 1. The van der Waals surface area contributed by atoms with Gasteiger partial charge in [0.1, 0.15) is 0 Å². The van der Waals surface area contributed by atoms with Crippen LogP contribution in [0.2, 0.25) is 0 Å². The van der Waals surface area contributed by atoms with Crippen molar-refractivity contribution in [2.24, 2.45) is 0 Å². The van der Waals surface area contributed by atoms with E-state index in [4.69, 9.17) is 6.42 Å². The number of hydrogen-bond acceptors (Lipinski definition) is 0. The normalized spacial score (nSPS) is 9.23. The van der Waals surface area contributed by atoms with Gasteiger partial charge in [0, 0.05) is 6.42 Å². The maximum Gasteiger partial charge on any atom is 0.0337 e. The van der Waals surface area contributed by atoms with Crippen molar-refractivity contribution in [3.63, 3.8) is 0 Å². The second kappa shape index (κ2) is 4.52. The zero-order valence-electron chi connectivity index (χ0n) is 8.01. The maximum absolute atomic E-state index is 5.24. The third kappa shape index (κ3) is 2.49. The zero-order chi connectivity index (χ0) is 9.68. The Bertz CT molecular complexity index is 340. The van der Waals surface area contributed by atoms with Gasteiger partial charge in [-0.1, -0.05) is 24.3 Å². The Morgan fingerprint density at radius 1 is 1.54 bits per heavy atom. The molecule has 0 atom stereocenters. The van der Waals surface area contributed by atoms with Crippen LogP contribution < -0.4 is 0 Å². The van der Waals surface area contributed by atoms with Gasteiger partial charge in [0.05, 0.1) is 0 Å². The lowest BCUT2D eigenvalue weighted by atomic mass is 10.0. The van der Waals surface area contributed by atoms with Crippen LogP contribution in [0.5, 0.6) is 0 Å². The Balaban J connectivity index is 2.92. The molecule has 0 saturated carbocycles. The lowest BCUT2D eigenvalue weighted by Gasteiger charge is -2.04. The van der Waals surface area contributed by atoms with E-state index >= 15 is 0 Å². The minimum Gasteiger partial charge on any atom is -0.120 e. The molecule has 0 spiro atoms. The summed E-state index contributed by atoms with van der Waals surface area (Å²) in [5.41, 5.74) is 3.84. The molecule has 0 saturated heterocycles. The fourth-order valence-electron chi connectivity index (χ4n) is 1.37. The molecule has 0 heterocycles. The first-order valence-electron chi connectivity index (χ1n) is 4.40. The van der Waals surface area contributed by atoms with Gasteiger partial charge in [0.25, 0.3) is 0 Å². The molecule has 0 fully saturated rings. The largest absolute Gasteiger partial charge is 0.120 e. The van der Waals surface area contributed by atoms with Gasteiger partial charge in [0.2, 0.25) is 0 Å². The number of terminal acetylenes is 1. The Hall–Kier alpha value is -1.48. The first-order chi connectivity index (χ1) is 6.27. The highest BCUT2D eigenvalue weighted by molar-refractivity contribution is 5.33. The van der Waals surface area contributed by atoms with Crippen molar-refractivity contribution in [1.29, 1.82) is 0 Å². The minimum atomic E-state index is 0.717. The average molecular weight is 170 g/mol. The van der Waals surface area contributed by atoms with Crippen LogP contribution >= 0.6 is 0 Å². The molecule has 1 aromatic carbocycles. The molecule has 0 heteroatoms. The molecule has 0 nitrogen and oxygen atoms in total. The molecule has 66 valence electrons. The van der Waals surface area contributed by atoms with E-state index < -0.39 is 0 Å². The van der Waals surface area contributed by atoms with Crippen molar-refractivity contribution < 1.29 is 0 Å². The van der Waals surface area contributed by atoms with Crippen LogP contribution in [0.1, 0.15) is 16.7 Å².